The van der Waals surface area contributed by atoms with Crippen molar-refractivity contribution < 1.29 is 23.4 Å². The fourth-order valence-electron chi connectivity index (χ4n) is 4.77. The summed E-state index contributed by atoms with van der Waals surface area (Å²) in [5, 5.41) is 3.37. The summed E-state index contributed by atoms with van der Waals surface area (Å²) in [6, 6.07) is 15.6. The zero-order valence-electron chi connectivity index (χ0n) is 16.9. The molecule has 3 aliphatic rings. The molecule has 31 heavy (non-hydrogen) atoms. The average molecular weight is 418 g/mol. The summed E-state index contributed by atoms with van der Waals surface area (Å²) in [7, 11) is 0. The van der Waals surface area contributed by atoms with E-state index < -0.39 is 5.41 Å². The molecule has 1 unspecified atom stereocenters. The van der Waals surface area contributed by atoms with Gasteiger partial charge < -0.3 is 28.8 Å². The molecular weight excluding hydrogens is 396 g/mol. The number of benzene rings is 2. The lowest BCUT2D eigenvalue weighted by Crippen LogP contribution is -2.43. The summed E-state index contributed by atoms with van der Waals surface area (Å²) in [5.41, 5.74) is 1.95. The highest BCUT2D eigenvalue weighted by Gasteiger charge is 2.57. The maximum Gasteiger partial charge on any atom is 0.245 e. The molecule has 1 aromatic heterocycles. The Hall–Kier alpha value is -3.45. The van der Waals surface area contributed by atoms with Crippen molar-refractivity contribution in [3.8, 4) is 17.2 Å². The molecule has 2 aromatic carbocycles. The van der Waals surface area contributed by atoms with Gasteiger partial charge in [-0.1, -0.05) is 18.2 Å². The Morgan fingerprint density at radius 2 is 1.84 bits per heavy atom. The first-order chi connectivity index (χ1) is 15.3. The van der Waals surface area contributed by atoms with Crippen LogP contribution < -0.4 is 24.4 Å². The van der Waals surface area contributed by atoms with Crippen LogP contribution in [0, 0.1) is 0 Å². The van der Waals surface area contributed by atoms with E-state index in [1.807, 2.05) is 53.4 Å². The van der Waals surface area contributed by atoms with Crippen molar-refractivity contribution in [3.05, 3.63) is 71.7 Å². The largest absolute Gasteiger partial charge is 0.491 e. The van der Waals surface area contributed by atoms with E-state index in [1.165, 1.54) is 0 Å². The molecule has 1 amide bonds. The van der Waals surface area contributed by atoms with Crippen molar-refractivity contribution >= 4 is 11.6 Å². The zero-order valence-corrected chi connectivity index (χ0v) is 16.9. The van der Waals surface area contributed by atoms with Gasteiger partial charge in [0.05, 0.1) is 12.8 Å². The van der Waals surface area contributed by atoms with Crippen molar-refractivity contribution in [1.29, 1.82) is 0 Å². The number of rotatable bonds is 6. The summed E-state index contributed by atoms with van der Waals surface area (Å²) in [6.45, 7) is 2.56. The van der Waals surface area contributed by atoms with Crippen LogP contribution >= 0.6 is 0 Å². The molecule has 0 radical (unpaired) electrons. The monoisotopic (exact) mass is 418 g/mol. The van der Waals surface area contributed by atoms with Crippen LogP contribution in [0.1, 0.15) is 23.3 Å². The number of nitrogens with one attached hydrogen (secondary N) is 1. The summed E-state index contributed by atoms with van der Waals surface area (Å²) >= 11 is 0. The molecule has 4 heterocycles. The molecule has 1 spiro atoms. The molecule has 7 heteroatoms. The highest BCUT2D eigenvalue weighted by atomic mass is 16.7. The molecule has 1 atom stereocenters. The van der Waals surface area contributed by atoms with Gasteiger partial charge in [0.2, 0.25) is 12.7 Å². The second kappa shape index (κ2) is 7.06. The molecule has 0 aliphatic carbocycles. The Morgan fingerprint density at radius 3 is 2.71 bits per heavy atom. The molecule has 7 nitrogen and oxygen atoms in total. The SMILES string of the molecule is O=C1N(CCCNCc2ccco2)c2ccccc2C12COc1cc3c(cc12)OCO3. The van der Waals surface area contributed by atoms with E-state index >= 15 is 0 Å². The maximum absolute atomic E-state index is 13.8. The van der Waals surface area contributed by atoms with Crippen LogP contribution in [0.3, 0.4) is 0 Å². The summed E-state index contributed by atoms with van der Waals surface area (Å²) in [5.74, 6) is 2.97. The van der Waals surface area contributed by atoms with Gasteiger partial charge in [0.25, 0.3) is 0 Å². The Bertz CT molecular complexity index is 1140. The first-order valence-corrected chi connectivity index (χ1v) is 10.5. The Balaban J connectivity index is 1.26. The lowest BCUT2D eigenvalue weighted by atomic mass is 9.77. The number of carbonyl (C=O) groups is 1. The third kappa shape index (κ3) is 2.73. The minimum atomic E-state index is -0.839. The van der Waals surface area contributed by atoms with Gasteiger partial charge in [-0.25, -0.2) is 0 Å². The third-order valence-corrected chi connectivity index (χ3v) is 6.26. The molecule has 3 aliphatic heterocycles. The van der Waals surface area contributed by atoms with Crippen molar-refractivity contribution in [3.63, 3.8) is 0 Å². The first-order valence-electron chi connectivity index (χ1n) is 10.5. The van der Waals surface area contributed by atoms with Gasteiger partial charge in [0.1, 0.15) is 23.5 Å². The highest BCUT2D eigenvalue weighted by molar-refractivity contribution is 6.11. The minimum Gasteiger partial charge on any atom is -0.491 e. The highest BCUT2D eigenvalue weighted by Crippen LogP contribution is 2.54. The number of hydrogen-bond donors (Lipinski definition) is 1. The first kappa shape index (κ1) is 18.3. The van der Waals surface area contributed by atoms with E-state index in [0.29, 0.717) is 30.3 Å². The van der Waals surface area contributed by atoms with Gasteiger partial charge in [-0.05, 0) is 42.8 Å². The number of para-hydroxylation sites is 1. The van der Waals surface area contributed by atoms with Gasteiger partial charge in [0.15, 0.2) is 11.5 Å². The molecule has 6 rings (SSSR count). The van der Waals surface area contributed by atoms with E-state index in [9.17, 15) is 4.79 Å². The van der Waals surface area contributed by atoms with Crippen molar-refractivity contribution in [2.24, 2.45) is 0 Å². The summed E-state index contributed by atoms with van der Waals surface area (Å²) in [4.78, 5) is 15.7. The van der Waals surface area contributed by atoms with Crippen LogP contribution in [0.4, 0.5) is 5.69 Å². The fraction of sp³-hybridized carbons (Fsp3) is 0.292. The van der Waals surface area contributed by atoms with E-state index in [0.717, 1.165) is 35.5 Å². The van der Waals surface area contributed by atoms with Crippen LogP contribution in [-0.4, -0.2) is 32.4 Å². The molecule has 158 valence electrons. The number of nitrogens with zero attached hydrogens (tertiary/aromatic N) is 1. The number of amides is 1. The molecule has 0 saturated heterocycles. The van der Waals surface area contributed by atoms with Gasteiger partial charge in [-0.15, -0.1) is 0 Å². The summed E-state index contributed by atoms with van der Waals surface area (Å²) < 4.78 is 22.4. The van der Waals surface area contributed by atoms with Crippen molar-refractivity contribution in [2.45, 2.75) is 18.4 Å². The number of fused-ring (bicyclic) bond motifs is 5. The van der Waals surface area contributed by atoms with E-state index in [-0.39, 0.29) is 19.3 Å². The normalized spacial score (nSPS) is 20.3. The molecule has 1 N–H and O–H groups in total. The standard InChI is InChI=1S/C24H22N2O5/c27-23-24(14-29-20-12-22-21(11-18(20)24)30-15-31-22)17-6-1-2-7-19(17)26(23)9-4-8-25-13-16-5-3-10-28-16/h1-3,5-7,10-12,25H,4,8-9,13-15H2. The fourth-order valence-corrected chi connectivity index (χ4v) is 4.77. The molecular formula is C24H22N2O5. The van der Waals surface area contributed by atoms with Crippen molar-refractivity contribution in [1.82, 2.24) is 5.32 Å². The van der Waals surface area contributed by atoms with Crippen LogP contribution in [0.15, 0.2) is 59.2 Å². The zero-order chi connectivity index (χ0) is 20.8. The van der Waals surface area contributed by atoms with Gasteiger partial charge >= 0.3 is 0 Å². The Morgan fingerprint density at radius 1 is 0.968 bits per heavy atom. The van der Waals surface area contributed by atoms with Gasteiger partial charge in [0, 0.05) is 23.9 Å². The van der Waals surface area contributed by atoms with Crippen LogP contribution in [0.25, 0.3) is 0 Å². The second-order valence-corrected chi connectivity index (χ2v) is 7.98. The predicted octanol–water partition coefficient (Wildman–Crippen LogP) is 3.21. The lowest BCUT2D eigenvalue weighted by molar-refractivity contribution is -0.122. The number of furan rings is 1. The Labute approximate surface area is 179 Å². The van der Waals surface area contributed by atoms with Crippen molar-refractivity contribution in [2.75, 3.05) is 31.4 Å². The van der Waals surface area contributed by atoms with Crippen LogP contribution in [0.5, 0.6) is 17.2 Å². The van der Waals surface area contributed by atoms with Crippen LogP contribution in [0.2, 0.25) is 0 Å². The molecule has 0 saturated carbocycles. The Kier molecular flexibility index (Phi) is 4.17. The topological polar surface area (TPSA) is 73.2 Å². The van der Waals surface area contributed by atoms with E-state index in [1.54, 1.807) is 6.26 Å². The van der Waals surface area contributed by atoms with Gasteiger partial charge in [-0.3, -0.25) is 4.79 Å². The molecule has 0 bridgehead atoms. The average Bonchev–Trinajstić information content (AvgIpc) is 3.57. The smallest absolute Gasteiger partial charge is 0.245 e. The van der Waals surface area contributed by atoms with Crippen LogP contribution in [-0.2, 0) is 16.8 Å². The molecule has 0 fully saturated rings. The quantitative estimate of drug-likeness (QED) is 0.620. The number of anilines is 1. The minimum absolute atomic E-state index is 0.0531. The maximum atomic E-state index is 13.8. The van der Waals surface area contributed by atoms with E-state index in [2.05, 4.69) is 5.32 Å². The predicted molar refractivity (Wildman–Crippen MR) is 113 cm³/mol. The number of ether oxygens (including phenoxy) is 3. The number of hydrogen-bond acceptors (Lipinski definition) is 6. The van der Waals surface area contributed by atoms with E-state index in [4.69, 9.17) is 18.6 Å². The molecule has 3 aromatic rings. The number of carbonyl (C=O) groups excluding carboxylic acids is 1. The third-order valence-electron chi connectivity index (χ3n) is 6.26. The second-order valence-electron chi connectivity index (χ2n) is 7.98. The van der Waals surface area contributed by atoms with Gasteiger partial charge in [-0.2, -0.15) is 0 Å². The lowest BCUT2D eigenvalue weighted by Gasteiger charge is -2.23. The summed E-state index contributed by atoms with van der Waals surface area (Å²) in [6.07, 6.45) is 2.50.